The zero-order chi connectivity index (χ0) is 14.7. The van der Waals surface area contributed by atoms with Gasteiger partial charge in [0.15, 0.2) is 0 Å². The number of hydrogen-bond acceptors (Lipinski definition) is 3. The van der Waals surface area contributed by atoms with E-state index < -0.39 is 5.97 Å². The van der Waals surface area contributed by atoms with E-state index in [2.05, 4.69) is 39.5 Å². The van der Waals surface area contributed by atoms with Gasteiger partial charge in [0.1, 0.15) is 6.61 Å². The van der Waals surface area contributed by atoms with Crippen LogP contribution in [0.4, 0.5) is 0 Å². The zero-order valence-corrected chi connectivity index (χ0v) is 12.4. The molecule has 108 valence electrons. The van der Waals surface area contributed by atoms with Crippen molar-refractivity contribution in [2.75, 3.05) is 13.2 Å². The summed E-state index contributed by atoms with van der Waals surface area (Å²) in [5.74, 6) is -0.412. The van der Waals surface area contributed by atoms with E-state index in [0.717, 1.165) is 19.3 Å². The third kappa shape index (κ3) is 10.3. The highest BCUT2D eigenvalue weighted by molar-refractivity contribution is 5.87. The van der Waals surface area contributed by atoms with E-state index in [1.54, 1.807) is 0 Å². The molecular formula is C16H26O3. The van der Waals surface area contributed by atoms with Gasteiger partial charge in [-0.15, -0.1) is 0 Å². The summed E-state index contributed by atoms with van der Waals surface area (Å²) < 4.78 is 4.78. The molecule has 0 rings (SSSR count). The number of aliphatic hydroxyl groups is 1. The fourth-order valence-corrected chi connectivity index (χ4v) is 1.53. The minimum absolute atomic E-state index is 0.0371. The molecule has 0 atom stereocenters. The van der Waals surface area contributed by atoms with E-state index in [-0.39, 0.29) is 13.2 Å². The fourth-order valence-electron chi connectivity index (χ4n) is 1.53. The smallest absolute Gasteiger partial charge is 0.333 e. The summed E-state index contributed by atoms with van der Waals surface area (Å²) in [6, 6.07) is 0. The summed E-state index contributed by atoms with van der Waals surface area (Å²) in [5, 5.41) is 8.55. The van der Waals surface area contributed by atoms with Crippen LogP contribution in [0.5, 0.6) is 0 Å². The average molecular weight is 266 g/mol. The Morgan fingerprint density at radius 3 is 2.37 bits per heavy atom. The summed E-state index contributed by atoms with van der Waals surface area (Å²) in [6.45, 7) is 9.88. The molecule has 3 heteroatoms. The van der Waals surface area contributed by atoms with Gasteiger partial charge in [-0.25, -0.2) is 4.79 Å². The Kier molecular flexibility index (Phi) is 9.81. The first kappa shape index (κ1) is 17.6. The Morgan fingerprint density at radius 2 is 1.79 bits per heavy atom. The predicted octanol–water partition coefficient (Wildman–Crippen LogP) is 3.55. The highest BCUT2D eigenvalue weighted by Crippen LogP contribution is 2.11. The Bertz CT molecular complexity index is 347. The van der Waals surface area contributed by atoms with Gasteiger partial charge in [-0.1, -0.05) is 29.9 Å². The van der Waals surface area contributed by atoms with Crippen molar-refractivity contribution in [3.63, 3.8) is 0 Å². The van der Waals surface area contributed by atoms with Gasteiger partial charge in [0, 0.05) is 5.57 Å². The highest BCUT2D eigenvalue weighted by Gasteiger charge is 2.06. The lowest BCUT2D eigenvalue weighted by Gasteiger charge is -2.05. The van der Waals surface area contributed by atoms with Crippen molar-refractivity contribution < 1.29 is 14.6 Å². The number of allylic oxidation sites excluding steroid dienone is 4. The minimum Gasteiger partial charge on any atom is -0.460 e. The van der Waals surface area contributed by atoms with Crippen LogP contribution in [0.2, 0.25) is 0 Å². The SMILES string of the molecule is C=C(CC/C=C(\C)CCC=C(C)C)C(=O)OCCO. The van der Waals surface area contributed by atoms with Crippen molar-refractivity contribution in [1.82, 2.24) is 0 Å². The van der Waals surface area contributed by atoms with Crippen molar-refractivity contribution in [3.8, 4) is 0 Å². The Hall–Kier alpha value is -1.35. The molecule has 0 heterocycles. The maximum Gasteiger partial charge on any atom is 0.333 e. The van der Waals surface area contributed by atoms with Crippen LogP contribution in [0.3, 0.4) is 0 Å². The van der Waals surface area contributed by atoms with Crippen molar-refractivity contribution in [2.45, 2.75) is 46.5 Å². The maximum absolute atomic E-state index is 11.4. The lowest BCUT2D eigenvalue weighted by Crippen LogP contribution is -2.10. The zero-order valence-electron chi connectivity index (χ0n) is 12.4. The number of ether oxygens (including phenoxy) is 1. The molecule has 0 aromatic rings. The van der Waals surface area contributed by atoms with Crippen LogP contribution < -0.4 is 0 Å². The summed E-state index contributed by atoms with van der Waals surface area (Å²) >= 11 is 0. The quantitative estimate of drug-likeness (QED) is 0.394. The first-order chi connectivity index (χ1) is 8.97. The molecule has 0 saturated heterocycles. The van der Waals surface area contributed by atoms with Crippen molar-refractivity contribution in [1.29, 1.82) is 0 Å². The monoisotopic (exact) mass is 266 g/mol. The normalized spacial score (nSPS) is 11.1. The lowest BCUT2D eigenvalue weighted by molar-refractivity contribution is -0.140. The molecule has 0 aliphatic heterocycles. The third-order valence-corrected chi connectivity index (χ3v) is 2.64. The van der Waals surface area contributed by atoms with Gasteiger partial charge in [0.2, 0.25) is 0 Å². The molecule has 0 bridgehead atoms. The van der Waals surface area contributed by atoms with E-state index in [0.29, 0.717) is 12.0 Å². The molecule has 0 amide bonds. The molecule has 19 heavy (non-hydrogen) atoms. The summed E-state index contributed by atoms with van der Waals surface area (Å²) in [6.07, 6.45) is 7.88. The van der Waals surface area contributed by atoms with Crippen LogP contribution in [0.25, 0.3) is 0 Å². The van der Waals surface area contributed by atoms with Gasteiger partial charge in [0.05, 0.1) is 6.61 Å². The molecule has 0 aromatic heterocycles. The van der Waals surface area contributed by atoms with E-state index in [4.69, 9.17) is 9.84 Å². The summed E-state index contributed by atoms with van der Waals surface area (Å²) in [4.78, 5) is 11.4. The number of carbonyl (C=O) groups excluding carboxylic acids is 1. The van der Waals surface area contributed by atoms with Crippen LogP contribution in [-0.4, -0.2) is 24.3 Å². The fraction of sp³-hybridized carbons (Fsp3) is 0.562. The van der Waals surface area contributed by atoms with Crippen LogP contribution in [0, 0.1) is 0 Å². The second-order valence-corrected chi connectivity index (χ2v) is 4.87. The molecule has 0 fully saturated rings. The van der Waals surface area contributed by atoms with Gasteiger partial charge in [-0.05, 0) is 46.5 Å². The highest BCUT2D eigenvalue weighted by atomic mass is 16.5. The Labute approximate surface area is 116 Å². The molecule has 1 N–H and O–H groups in total. The topological polar surface area (TPSA) is 46.5 Å². The summed E-state index contributed by atoms with van der Waals surface area (Å²) in [7, 11) is 0. The minimum atomic E-state index is -0.412. The van der Waals surface area contributed by atoms with E-state index in [9.17, 15) is 4.79 Å². The van der Waals surface area contributed by atoms with Crippen LogP contribution in [0.15, 0.2) is 35.5 Å². The molecule has 0 aromatic carbocycles. The Balaban J connectivity index is 3.90. The van der Waals surface area contributed by atoms with Gasteiger partial charge in [-0.3, -0.25) is 0 Å². The van der Waals surface area contributed by atoms with Crippen LogP contribution in [0.1, 0.15) is 46.5 Å². The number of hydrogen-bond donors (Lipinski definition) is 1. The van der Waals surface area contributed by atoms with Crippen LogP contribution in [-0.2, 0) is 9.53 Å². The van der Waals surface area contributed by atoms with E-state index >= 15 is 0 Å². The van der Waals surface area contributed by atoms with Gasteiger partial charge >= 0.3 is 5.97 Å². The largest absolute Gasteiger partial charge is 0.460 e. The molecule has 3 nitrogen and oxygen atoms in total. The second kappa shape index (κ2) is 10.6. The average Bonchev–Trinajstić information content (AvgIpc) is 2.35. The number of rotatable bonds is 9. The first-order valence-electron chi connectivity index (χ1n) is 6.72. The molecule has 0 aliphatic rings. The molecule has 0 saturated carbocycles. The predicted molar refractivity (Wildman–Crippen MR) is 78.8 cm³/mol. The molecular weight excluding hydrogens is 240 g/mol. The van der Waals surface area contributed by atoms with E-state index in [1.165, 1.54) is 11.1 Å². The van der Waals surface area contributed by atoms with Crippen molar-refractivity contribution in [2.24, 2.45) is 0 Å². The third-order valence-electron chi connectivity index (χ3n) is 2.64. The van der Waals surface area contributed by atoms with Gasteiger partial charge in [0.25, 0.3) is 0 Å². The van der Waals surface area contributed by atoms with E-state index in [1.807, 2.05) is 0 Å². The van der Waals surface area contributed by atoms with Gasteiger partial charge in [-0.2, -0.15) is 0 Å². The van der Waals surface area contributed by atoms with Crippen LogP contribution >= 0.6 is 0 Å². The Morgan fingerprint density at radius 1 is 1.16 bits per heavy atom. The number of esters is 1. The van der Waals surface area contributed by atoms with Crippen molar-refractivity contribution in [3.05, 3.63) is 35.5 Å². The molecule has 0 unspecified atom stereocenters. The lowest BCUT2D eigenvalue weighted by atomic mass is 10.1. The van der Waals surface area contributed by atoms with Crippen molar-refractivity contribution >= 4 is 5.97 Å². The van der Waals surface area contributed by atoms with Gasteiger partial charge < -0.3 is 9.84 Å². The summed E-state index contributed by atoms with van der Waals surface area (Å²) in [5.41, 5.74) is 3.13. The number of aliphatic hydroxyl groups excluding tert-OH is 1. The standard InChI is InChI=1S/C16H26O3/c1-13(2)7-5-8-14(3)9-6-10-15(4)16(18)19-12-11-17/h7,9,17H,4-6,8,10-12H2,1-3H3/b14-9+. The molecule has 0 aliphatic carbocycles. The first-order valence-corrected chi connectivity index (χ1v) is 6.72. The molecule has 0 radical (unpaired) electrons. The molecule has 0 spiro atoms. The number of carbonyl (C=O) groups is 1. The maximum atomic E-state index is 11.4. The second-order valence-electron chi connectivity index (χ2n) is 4.87.